The fraction of sp³-hybridized carbons (Fsp3) is 0.227. The maximum Gasteiger partial charge on any atom is 0.271 e. The van der Waals surface area contributed by atoms with Crippen molar-refractivity contribution >= 4 is 43.8 Å². The lowest BCUT2D eigenvalue weighted by molar-refractivity contribution is -0.384. The average molecular weight is 439 g/mol. The molecule has 9 heteroatoms. The van der Waals surface area contributed by atoms with Gasteiger partial charge in [0.05, 0.1) is 16.9 Å². The van der Waals surface area contributed by atoms with Crippen LogP contribution in [0.5, 0.6) is 0 Å². The van der Waals surface area contributed by atoms with Crippen LogP contribution in [0, 0.1) is 17.0 Å². The van der Waals surface area contributed by atoms with Crippen LogP contribution in [0.2, 0.25) is 0 Å². The lowest BCUT2D eigenvalue weighted by atomic mass is 10.0. The van der Waals surface area contributed by atoms with Crippen molar-refractivity contribution in [3.8, 4) is 0 Å². The first kappa shape index (κ1) is 20.8. The van der Waals surface area contributed by atoms with Crippen LogP contribution in [0.3, 0.4) is 0 Å². The Morgan fingerprint density at radius 3 is 2.52 bits per heavy atom. The summed E-state index contributed by atoms with van der Waals surface area (Å²) in [5, 5.41) is 16.0. The number of nitrogens with zero attached hydrogens (tertiary/aromatic N) is 2. The van der Waals surface area contributed by atoms with Crippen LogP contribution in [-0.4, -0.2) is 32.0 Å². The lowest BCUT2D eigenvalue weighted by Crippen LogP contribution is -2.38. The van der Waals surface area contributed by atoms with Crippen LogP contribution in [0.4, 0.5) is 17.1 Å². The predicted octanol–water partition coefficient (Wildman–Crippen LogP) is 3.56. The van der Waals surface area contributed by atoms with Crippen LogP contribution in [-0.2, 0) is 27.7 Å². The highest BCUT2D eigenvalue weighted by molar-refractivity contribution is 7.92. The summed E-state index contributed by atoms with van der Waals surface area (Å²) in [6.45, 7) is 1.14. The number of nitrogens with one attached hydrogen (secondary N) is 1. The fourth-order valence-electron chi connectivity index (χ4n) is 4.04. The second-order valence-electron chi connectivity index (χ2n) is 7.66. The molecule has 0 unspecified atom stereocenters. The second-order valence-corrected chi connectivity index (χ2v) is 9.56. The summed E-state index contributed by atoms with van der Waals surface area (Å²) < 4.78 is 25.8. The molecule has 0 bridgehead atoms. The highest BCUT2D eigenvalue weighted by Crippen LogP contribution is 2.35. The van der Waals surface area contributed by atoms with E-state index < -0.39 is 27.4 Å². The van der Waals surface area contributed by atoms with E-state index in [9.17, 15) is 23.3 Å². The summed E-state index contributed by atoms with van der Waals surface area (Å²) in [4.78, 5) is 23.4. The molecule has 4 rings (SSSR count). The number of non-ortho nitro benzene ring substituents is 1. The Hall–Kier alpha value is -3.46. The minimum absolute atomic E-state index is 0.104. The van der Waals surface area contributed by atoms with Crippen molar-refractivity contribution < 1.29 is 18.1 Å². The summed E-state index contributed by atoms with van der Waals surface area (Å²) in [6.07, 6.45) is 2.88. The van der Waals surface area contributed by atoms with Gasteiger partial charge in [0.1, 0.15) is 6.54 Å². The summed E-state index contributed by atoms with van der Waals surface area (Å²) in [7, 11) is -3.87. The highest BCUT2D eigenvalue weighted by Gasteiger charge is 2.25. The molecule has 1 aliphatic rings. The van der Waals surface area contributed by atoms with E-state index in [0.29, 0.717) is 11.3 Å². The molecule has 1 amide bonds. The van der Waals surface area contributed by atoms with Crippen LogP contribution in [0.25, 0.3) is 10.8 Å². The number of carbonyl (C=O) groups is 1. The molecule has 0 fully saturated rings. The molecule has 31 heavy (non-hydrogen) atoms. The number of rotatable bonds is 6. The van der Waals surface area contributed by atoms with E-state index in [1.165, 1.54) is 29.3 Å². The molecule has 1 N–H and O–H groups in total. The third-order valence-electron chi connectivity index (χ3n) is 5.51. The Balaban J connectivity index is 1.66. The maximum atomic E-state index is 12.9. The summed E-state index contributed by atoms with van der Waals surface area (Å²) in [5.74, 6) is -0.532. The van der Waals surface area contributed by atoms with Gasteiger partial charge in [-0.25, -0.2) is 8.42 Å². The fourth-order valence-corrected chi connectivity index (χ4v) is 4.94. The van der Waals surface area contributed by atoms with E-state index in [2.05, 4.69) is 11.4 Å². The van der Waals surface area contributed by atoms with Gasteiger partial charge in [-0.3, -0.25) is 19.2 Å². The number of nitro groups is 1. The molecule has 3 aromatic carbocycles. The van der Waals surface area contributed by atoms with Gasteiger partial charge in [0.15, 0.2) is 0 Å². The molecular weight excluding hydrogens is 418 g/mol. The molecular formula is C22H21N3O5S. The Bertz CT molecular complexity index is 1320. The average Bonchev–Trinajstić information content (AvgIpc) is 3.13. The first-order valence-corrected chi connectivity index (χ1v) is 11.6. The zero-order valence-corrected chi connectivity index (χ0v) is 17.9. The van der Waals surface area contributed by atoms with E-state index >= 15 is 0 Å². The Morgan fingerprint density at radius 2 is 1.84 bits per heavy atom. The minimum atomic E-state index is -3.87. The van der Waals surface area contributed by atoms with Gasteiger partial charge >= 0.3 is 0 Å². The summed E-state index contributed by atoms with van der Waals surface area (Å²) in [5.41, 5.74) is 3.43. The van der Waals surface area contributed by atoms with Gasteiger partial charge < -0.3 is 5.32 Å². The molecule has 0 aromatic heterocycles. The predicted molar refractivity (Wildman–Crippen MR) is 120 cm³/mol. The number of carbonyl (C=O) groups excluding carboxylic acids is 1. The van der Waals surface area contributed by atoms with Crippen molar-refractivity contribution in [2.75, 3.05) is 22.4 Å². The third-order valence-corrected chi connectivity index (χ3v) is 6.64. The molecule has 8 nitrogen and oxygen atoms in total. The van der Waals surface area contributed by atoms with Crippen LogP contribution in [0.1, 0.15) is 16.7 Å². The van der Waals surface area contributed by atoms with Gasteiger partial charge in [-0.1, -0.05) is 30.3 Å². The first-order chi connectivity index (χ1) is 14.6. The monoisotopic (exact) mass is 439 g/mol. The van der Waals surface area contributed by atoms with E-state index in [-0.39, 0.29) is 11.4 Å². The molecule has 0 radical (unpaired) electrons. The number of amides is 1. The highest BCUT2D eigenvalue weighted by atomic mass is 32.2. The standard InChI is InChI=1S/C22H21N3O5S/c1-14-6-10-17(25(27)28)12-20(14)24(31(2,29)30)13-21(26)23-19-11-9-16-8-7-15-4-3-5-18(19)22(15)16/h3-6,9-12H,7-8,13H2,1-2H3,(H,23,26). The van der Waals surface area contributed by atoms with Crippen molar-refractivity contribution in [3.05, 3.63) is 75.3 Å². The van der Waals surface area contributed by atoms with E-state index in [0.717, 1.165) is 34.2 Å². The smallest absolute Gasteiger partial charge is 0.271 e. The Kier molecular flexibility index (Phi) is 5.14. The first-order valence-electron chi connectivity index (χ1n) is 9.71. The van der Waals surface area contributed by atoms with Crippen LogP contribution in [0.15, 0.2) is 48.5 Å². The van der Waals surface area contributed by atoms with Crippen LogP contribution >= 0.6 is 0 Å². The largest absolute Gasteiger partial charge is 0.324 e. The zero-order chi connectivity index (χ0) is 22.3. The molecule has 0 saturated carbocycles. The summed E-state index contributed by atoms with van der Waals surface area (Å²) >= 11 is 0. The number of sulfonamides is 1. The van der Waals surface area contributed by atoms with Crippen molar-refractivity contribution in [2.45, 2.75) is 19.8 Å². The molecule has 0 heterocycles. The van der Waals surface area contributed by atoms with Crippen molar-refractivity contribution in [1.82, 2.24) is 0 Å². The molecule has 1 aliphatic carbocycles. The topological polar surface area (TPSA) is 110 Å². The van der Waals surface area contributed by atoms with Crippen LogP contribution < -0.4 is 9.62 Å². The van der Waals surface area contributed by atoms with E-state index in [4.69, 9.17) is 0 Å². The molecule has 3 aromatic rings. The lowest BCUT2D eigenvalue weighted by Gasteiger charge is -2.23. The molecule has 0 aliphatic heterocycles. The summed E-state index contributed by atoms with van der Waals surface area (Å²) in [6, 6.07) is 13.7. The van der Waals surface area contributed by atoms with Gasteiger partial charge in [-0.15, -0.1) is 0 Å². The molecule has 0 atom stereocenters. The molecule has 0 saturated heterocycles. The van der Waals surface area contributed by atoms with Gasteiger partial charge in [0.25, 0.3) is 5.69 Å². The third kappa shape index (κ3) is 3.96. The molecule has 160 valence electrons. The SMILES string of the molecule is Cc1ccc([N+](=O)[O-])cc1N(CC(=O)Nc1ccc2c3c(cccc13)CC2)S(C)(=O)=O. The van der Waals surface area contributed by atoms with Crippen molar-refractivity contribution in [3.63, 3.8) is 0 Å². The minimum Gasteiger partial charge on any atom is -0.324 e. The van der Waals surface area contributed by atoms with E-state index in [1.54, 1.807) is 6.92 Å². The quantitative estimate of drug-likeness (QED) is 0.466. The number of hydrogen-bond donors (Lipinski definition) is 1. The Morgan fingerprint density at radius 1 is 1.13 bits per heavy atom. The number of anilines is 2. The second kappa shape index (κ2) is 7.66. The van der Waals surface area contributed by atoms with Gasteiger partial charge in [-0.2, -0.15) is 0 Å². The van der Waals surface area contributed by atoms with Gasteiger partial charge in [-0.05, 0) is 47.9 Å². The maximum absolute atomic E-state index is 12.9. The normalized spacial score (nSPS) is 12.7. The van der Waals surface area contributed by atoms with E-state index in [1.807, 2.05) is 24.3 Å². The number of hydrogen-bond acceptors (Lipinski definition) is 5. The van der Waals surface area contributed by atoms with Crippen molar-refractivity contribution in [1.29, 1.82) is 0 Å². The number of nitro benzene ring substituents is 1. The Labute approximate surface area is 179 Å². The number of benzene rings is 3. The zero-order valence-electron chi connectivity index (χ0n) is 17.1. The number of aryl methyl sites for hydroxylation is 3. The van der Waals surface area contributed by atoms with Gasteiger partial charge in [0.2, 0.25) is 15.9 Å². The van der Waals surface area contributed by atoms with Gasteiger partial charge in [0, 0.05) is 23.2 Å². The van der Waals surface area contributed by atoms with Crippen molar-refractivity contribution in [2.24, 2.45) is 0 Å². The molecule has 0 spiro atoms.